The first kappa shape index (κ1) is 20.2. The number of anilines is 2. The summed E-state index contributed by atoms with van der Waals surface area (Å²) >= 11 is 0. The Kier molecular flexibility index (Phi) is 5.70. The molecule has 0 bridgehead atoms. The number of carbonyl (C=O) groups is 1. The molecule has 0 unspecified atom stereocenters. The number of piperazine rings is 1. The Morgan fingerprint density at radius 2 is 1.68 bits per heavy atom. The molecule has 0 atom stereocenters. The fraction of sp³-hybridized carbons (Fsp3) is 0.174. The molecule has 8 heteroatoms. The normalized spacial score (nSPS) is 14.2. The van der Waals surface area contributed by atoms with E-state index in [1.807, 2.05) is 41.3 Å². The van der Waals surface area contributed by atoms with Gasteiger partial charge in [-0.05, 0) is 35.9 Å². The Hall–Kier alpha value is -4.07. The van der Waals surface area contributed by atoms with Crippen LogP contribution in [0.4, 0.5) is 11.5 Å². The minimum atomic E-state index is -0.937. The quantitative estimate of drug-likeness (QED) is 0.543. The van der Waals surface area contributed by atoms with Crippen LogP contribution in [-0.4, -0.2) is 57.5 Å². The van der Waals surface area contributed by atoms with Crippen LogP contribution >= 0.6 is 0 Å². The van der Waals surface area contributed by atoms with Gasteiger partial charge in [-0.15, -0.1) is 10.2 Å². The highest BCUT2D eigenvalue weighted by atomic mass is 16.4. The summed E-state index contributed by atoms with van der Waals surface area (Å²) in [6.45, 7) is 3.13. The average molecular weight is 417 g/mol. The molecule has 31 heavy (non-hydrogen) atoms. The van der Waals surface area contributed by atoms with Crippen molar-refractivity contribution >= 4 is 17.5 Å². The number of aromatic nitrogens is 2. The minimum Gasteiger partial charge on any atom is -0.507 e. The molecule has 1 aromatic heterocycles. The number of rotatable bonds is 5. The highest BCUT2D eigenvalue weighted by molar-refractivity contribution is 5.80. The van der Waals surface area contributed by atoms with Gasteiger partial charge in [0.15, 0.2) is 5.82 Å². The lowest BCUT2D eigenvalue weighted by Gasteiger charge is -2.35. The Bertz CT molecular complexity index is 1110. The van der Waals surface area contributed by atoms with Crippen molar-refractivity contribution in [1.29, 1.82) is 0 Å². The summed E-state index contributed by atoms with van der Waals surface area (Å²) < 4.78 is 0. The second-order valence-electron chi connectivity index (χ2n) is 7.27. The van der Waals surface area contributed by atoms with E-state index in [1.165, 1.54) is 6.08 Å². The topological polar surface area (TPSA) is 116 Å². The van der Waals surface area contributed by atoms with Crippen molar-refractivity contribution in [2.75, 3.05) is 36.8 Å². The van der Waals surface area contributed by atoms with Crippen molar-refractivity contribution in [3.8, 4) is 28.1 Å². The van der Waals surface area contributed by atoms with E-state index in [0.29, 0.717) is 17.1 Å². The number of nitrogens with two attached hydrogens (primary N) is 1. The van der Waals surface area contributed by atoms with Crippen LogP contribution in [0.1, 0.15) is 0 Å². The molecule has 4 rings (SSSR count). The number of phenolic OH excluding ortho intramolecular Hbond substituents is 1. The lowest BCUT2D eigenvalue weighted by atomic mass is 10.0. The highest BCUT2D eigenvalue weighted by Gasteiger charge is 2.16. The lowest BCUT2D eigenvalue weighted by molar-refractivity contribution is -0.131. The standard InChI is InChI=1S/C23H23N5O3/c24-23-19(15-20(25-26-23)18-3-1-2-4-21(18)29)16-5-7-17(8-6-16)28-13-11-27(12-14-28)10-9-22(30)31/h1-10,15,29H,11-14H2,(H2,24,26)(H,30,31)/b10-9+. The number of para-hydroxylation sites is 1. The maximum atomic E-state index is 10.7. The zero-order valence-electron chi connectivity index (χ0n) is 16.8. The number of nitrogen functional groups attached to an aromatic ring is 1. The number of hydrogen-bond donors (Lipinski definition) is 3. The maximum Gasteiger partial charge on any atom is 0.329 e. The molecule has 0 saturated carbocycles. The van der Waals surface area contributed by atoms with Gasteiger partial charge in [0.05, 0.1) is 5.69 Å². The van der Waals surface area contributed by atoms with Gasteiger partial charge in [-0.1, -0.05) is 24.3 Å². The number of nitrogens with zero attached hydrogens (tertiary/aromatic N) is 4. The second-order valence-corrected chi connectivity index (χ2v) is 7.27. The van der Waals surface area contributed by atoms with Crippen molar-refractivity contribution < 1.29 is 15.0 Å². The summed E-state index contributed by atoms with van der Waals surface area (Å²) in [6.07, 6.45) is 2.80. The molecule has 8 nitrogen and oxygen atoms in total. The van der Waals surface area contributed by atoms with Crippen LogP contribution in [-0.2, 0) is 4.79 Å². The maximum absolute atomic E-state index is 10.7. The van der Waals surface area contributed by atoms with Gasteiger partial charge < -0.3 is 25.7 Å². The number of phenols is 1. The van der Waals surface area contributed by atoms with Gasteiger partial charge in [-0.2, -0.15) is 0 Å². The summed E-state index contributed by atoms with van der Waals surface area (Å²) in [7, 11) is 0. The van der Waals surface area contributed by atoms with Gasteiger partial charge in [0.25, 0.3) is 0 Å². The van der Waals surface area contributed by atoms with Gasteiger partial charge in [-0.3, -0.25) is 0 Å². The molecular formula is C23H23N5O3. The number of aromatic hydroxyl groups is 1. The molecule has 1 aliphatic heterocycles. The molecule has 0 amide bonds. The van der Waals surface area contributed by atoms with Crippen molar-refractivity contribution in [3.05, 3.63) is 66.9 Å². The van der Waals surface area contributed by atoms with E-state index in [0.717, 1.165) is 43.0 Å². The molecule has 1 saturated heterocycles. The Morgan fingerprint density at radius 1 is 0.968 bits per heavy atom. The van der Waals surface area contributed by atoms with Crippen molar-refractivity contribution in [2.45, 2.75) is 0 Å². The Labute approximate surface area is 179 Å². The molecule has 2 heterocycles. The molecule has 1 fully saturated rings. The summed E-state index contributed by atoms with van der Waals surface area (Å²) in [5, 5.41) is 27.1. The van der Waals surface area contributed by atoms with Gasteiger partial charge in [0.1, 0.15) is 5.75 Å². The van der Waals surface area contributed by atoms with Gasteiger partial charge in [0.2, 0.25) is 0 Å². The van der Waals surface area contributed by atoms with E-state index in [4.69, 9.17) is 10.8 Å². The van der Waals surface area contributed by atoms with Crippen molar-refractivity contribution in [1.82, 2.24) is 15.1 Å². The number of carboxylic acid groups (broad SMARTS) is 1. The molecule has 0 radical (unpaired) electrons. The SMILES string of the molecule is Nc1nnc(-c2ccccc2O)cc1-c1ccc(N2CCN(/C=C/C(=O)O)CC2)cc1. The van der Waals surface area contributed by atoms with Gasteiger partial charge in [0, 0.05) is 55.3 Å². The molecule has 1 aliphatic rings. The zero-order chi connectivity index (χ0) is 21.8. The van der Waals surface area contributed by atoms with E-state index in [2.05, 4.69) is 15.1 Å². The Balaban J connectivity index is 1.51. The largest absolute Gasteiger partial charge is 0.507 e. The van der Waals surface area contributed by atoms with Crippen molar-refractivity contribution in [2.24, 2.45) is 0 Å². The summed E-state index contributed by atoms with van der Waals surface area (Å²) in [5.74, 6) is -0.473. The molecule has 158 valence electrons. The average Bonchev–Trinajstić information content (AvgIpc) is 2.79. The van der Waals surface area contributed by atoms with Crippen LogP contribution in [0.5, 0.6) is 5.75 Å². The van der Waals surface area contributed by atoms with E-state index < -0.39 is 5.97 Å². The van der Waals surface area contributed by atoms with Crippen LogP contribution in [0, 0.1) is 0 Å². The van der Waals surface area contributed by atoms with E-state index in [-0.39, 0.29) is 5.75 Å². The molecular weight excluding hydrogens is 394 g/mol. The molecule has 0 spiro atoms. The highest BCUT2D eigenvalue weighted by Crippen LogP contribution is 2.32. The third kappa shape index (κ3) is 4.58. The van der Waals surface area contributed by atoms with Crippen LogP contribution in [0.15, 0.2) is 66.9 Å². The lowest BCUT2D eigenvalue weighted by Crippen LogP contribution is -2.44. The molecule has 2 aromatic carbocycles. The first-order chi connectivity index (χ1) is 15.0. The van der Waals surface area contributed by atoms with Crippen LogP contribution in [0.2, 0.25) is 0 Å². The monoisotopic (exact) mass is 417 g/mol. The van der Waals surface area contributed by atoms with Crippen LogP contribution in [0.3, 0.4) is 0 Å². The number of carboxylic acids is 1. The Morgan fingerprint density at radius 3 is 2.35 bits per heavy atom. The van der Waals surface area contributed by atoms with Gasteiger partial charge in [-0.25, -0.2) is 4.79 Å². The molecule has 0 aliphatic carbocycles. The number of benzene rings is 2. The molecule has 4 N–H and O–H groups in total. The summed E-state index contributed by atoms with van der Waals surface area (Å²) in [4.78, 5) is 14.9. The predicted molar refractivity (Wildman–Crippen MR) is 120 cm³/mol. The molecule has 3 aromatic rings. The number of hydrogen-bond acceptors (Lipinski definition) is 7. The third-order valence-corrected chi connectivity index (χ3v) is 5.29. The second kappa shape index (κ2) is 8.74. The first-order valence-electron chi connectivity index (χ1n) is 9.93. The number of aliphatic carboxylic acids is 1. The minimum absolute atomic E-state index is 0.139. The van der Waals surface area contributed by atoms with Crippen molar-refractivity contribution in [3.63, 3.8) is 0 Å². The third-order valence-electron chi connectivity index (χ3n) is 5.29. The van der Waals surface area contributed by atoms with Gasteiger partial charge >= 0.3 is 5.97 Å². The smallest absolute Gasteiger partial charge is 0.329 e. The fourth-order valence-corrected chi connectivity index (χ4v) is 3.60. The summed E-state index contributed by atoms with van der Waals surface area (Å²) in [5.41, 5.74) is 9.99. The van der Waals surface area contributed by atoms with Crippen LogP contribution in [0.25, 0.3) is 22.4 Å². The van der Waals surface area contributed by atoms with E-state index in [9.17, 15) is 9.90 Å². The predicted octanol–water partition coefficient (Wildman–Crippen LogP) is 2.82. The summed E-state index contributed by atoms with van der Waals surface area (Å²) in [6, 6.07) is 16.9. The van der Waals surface area contributed by atoms with Crippen LogP contribution < -0.4 is 10.6 Å². The fourth-order valence-electron chi connectivity index (χ4n) is 3.60. The zero-order valence-corrected chi connectivity index (χ0v) is 16.8. The van der Waals surface area contributed by atoms with E-state index >= 15 is 0 Å². The van der Waals surface area contributed by atoms with E-state index in [1.54, 1.807) is 24.4 Å². The first-order valence-corrected chi connectivity index (χ1v) is 9.93.